The molecule has 0 aliphatic rings. The van der Waals surface area contributed by atoms with Gasteiger partial charge in [0.2, 0.25) is 0 Å². The fourth-order valence-corrected chi connectivity index (χ4v) is 9.96. The van der Waals surface area contributed by atoms with E-state index < -0.39 is 58.7 Å². The van der Waals surface area contributed by atoms with Crippen LogP contribution in [0.25, 0.3) is 11.0 Å². The summed E-state index contributed by atoms with van der Waals surface area (Å²) in [6.07, 6.45) is 8.87. The number of aromatic nitrogens is 7. The first-order valence-electron chi connectivity index (χ1n) is 36.2. The average Bonchev–Trinajstić information content (AvgIpc) is 1.69. The minimum Gasteiger partial charge on any atom is -0.449 e. The van der Waals surface area contributed by atoms with Crippen LogP contribution in [0, 0.1) is 0 Å². The molecule has 10 rings (SSSR count). The monoisotopic (exact) mass is 1680 g/mol. The van der Waals surface area contributed by atoms with Gasteiger partial charge in [0.25, 0.3) is 0 Å². The minimum absolute atomic E-state index is 0. The van der Waals surface area contributed by atoms with Crippen LogP contribution in [0.3, 0.4) is 0 Å². The molecule has 0 spiro atoms. The van der Waals surface area contributed by atoms with Crippen LogP contribution < -0.4 is 54.4 Å². The zero-order valence-electron chi connectivity index (χ0n) is 68.4. The van der Waals surface area contributed by atoms with Gasteiger partial charge < -0.3 is 74.5 Å². The molecule has 0 radical (unpaired) electrons. The zero-order chi connectivity index (χ0) is 87.6. The van der Waals surface area contributed by atoms with Crippen molar-refractivity contribution in [3.05, 3.63) is 248 Å². The number of Topliss-reactive ketones (excluding diaryl/α,β-unsaturated/α-hetero) is 3. The first kappa shape index (κ1) is 97.3. The molecular formula is C84H102Cl2N16O17. The van der Waals surface area contributed by atoms with Crippen LogP contribution in [-0.4, -0.2) is 129 Å². The number of amides is 5. The number of nitrogens with zero attached hydrogens (tertiary/aromatic N) is 7. The van der Waals surface area contributed by atoms with E-state index in [0.717, 1.165) is 32.9 Å². The summed E-state index contributed by atoms with van der Waals surface area (Å²) in [5, 5.41) is 20.7. The van der Waals surface area contributed by atoms with E-state index in [1.807, 2.05) is 18.2 Å². The summed E-state index contributed by atoms with van der Waals surface area (Å²) in [5.74, 6) is -0.809. The first-order valence-corrected chi connectivity index (χ1v) is 36.6. The molecule has 13 N–H and O–H groups in total. The van der Waals surface area contributed by atoms with Crippen molar-refractivity contribution in [2.24, 2.45) is 28.2 Å². The molecule has 119 heavy (non-hydrogen) atoms. The van der Waals surface area contributed by atoms with Crippen molar-refractivity contribution in [3.63, 3.8) is 0 Å². The Morgan fingerprint density at radius 2 is 0.714 bits per heavy atom. The standard InChI is InChI=1S/C22H27N3O5.C18H23N3O3.C17H19N5O4.C17H19N3O3.C6H8N2.C4H5ClO2.ClH/c1-6-11-29-20(27)23-16-9-7-15(8-10-16)12-19(26)18-13-17(14-25(18)5)24-21(28)30-22(2,3)4;1-18(2,3)24-17(23)20-14-10-15(21(4)11-14)16(22)9-12-5-7-13(19)8-6-12;1-17(2,3)25-16(24)18-11-9-14(21(4)10-11)15(23)26-22-13-8-6-5-7-12(13)19-20-22;1-3-8-23-17(22)19-14-6-4-12(5-7-14)9-16(21)15-10-13(18)11-20(15)2;7-5-1-2-6(8)4-3-5;1-2-3-7-4(5)6;/h6-10,13-14H,1,11-12H2,2-5H3,(H,23,27)(H,24,28);5-8,10-11H,9,19H2,1-4H3,(H,20,23);5-10H,1-4H3,(H,18,24);3-7,10-11H,1,8-9,18H2,2H3,(H,19,22);1-4H,7-8H2;2H,1,3H2;1H. The van der Waals surface area contributed by atoms with Crippen LogP contribution in [0.4, 0.5) is 80.0 Å². The molecule has 0 unspecified atom stereocenters. The molecule has 0 aliphatic heterocycles. The molecule has 33 nitrogen and oxygen atoms in total. The number of hydrogen-bond donors (Lipinski definition) is 9. The lowest BCUT2D eigenvalue weighted by atomic mass is 10.1. The van der Waals surface area contributed by atoms with Crippen LogP contribution in [0.2, 0.25) is 0 Å². The summed E-state index contributed by atoms with van der Waals surface area (Å²) in [6.45, 7) is 26.7. The van der Waals surface area contributed by atoms with E-state index in [1.54, 1.807) is 250 Å². The number of aryl methyl sites for hydroxylation is 4. The lowest BCUT2D eigenvalue weighted by molar-refractivity contribution is 0.0396. The fourth-order valence-electron chi connectivity index (χ4n) is 9.90. The molecule has 5 aromatic heterocycles. The molecule has 0 saturated heterocycles. The maximum atomic E-state index is 12.7. The number of nitrogens with one attached hydrogen (secondary N) is 5. The second-order valence-electron chi connectivity index (χ2n) is 28.6. The number of carbonyl (C=O) groups excluding carboxylic acids is 10. The Bertz CT molecular complexity index is 5080. The van der Waals surface area contributed by atoms with Crippen molar-refractivity contribution in [1.29, 1.82) is 0 Å². The van der Waals surface area contributed by atoms with Gasteiger partial charge in [-0.2, -0.15) is 0 Å². The first-order chi connectivity index (χ1) is 55.5. The molecule has 5 heterocycles. The summed E-state index contributed by atoms with van der Waals surface area (Å²) >= 11 is 4.75. The Morgan fingerprint density at radius 3 is 1.05 bits per heavy atom. The van der Waals surface area contributed by atoms with E-state index in [9.17, 15) is 47.9 Å². The van der Waals surface area contributed by atoms with E-state index in [2.05, 4.69) is 61.4 Å². The van der Waals surface area contributed by atoms with E-state index in [1.165, 1.54) is 28.9 Å². The van der Waals surface area contributed by atoms with E-state index in [0.29, 0.717) is 67.9 Å². The van der Waals surface area contributed by atoms with Crippen LogP contribution in [-0.2, 0) is 75.9 Å². The number of para-hydroxylation sites is 1. The van der Waals surface area contributed by atoms with Gasteiger partial charge in [-0.15, -0.1) is 17.5 Å². The molecule has 5 amide bonds. The highest BCUT2D eigenvalue weighted by Crippen LogP contribution is 2.23. The fraction of sp³-hybridized carbons (Fsp3) is 0.262. The minimum atomic E-state index is -0.792. The average molecular weight is 1680 g/mol. The Hall–Kier alpha value is -14.1. The maximum Gasteiger partial charge on any atom is 0.412 e. The highest BCUT2D eigenvalue weighted by Gasteiger charge is 2.24. The third kappa shape index (κ3) is 36.1. The molecule has 0 fully saturated rings. The molecule has 634 valence electrons. The summed E-state index contributed by atoms with van der Waals surface area (Å²) in [6, 6.07) is 41.7. The van der Waals surface area contributed by atoms with E-state index in [-0.39, 0.29) is 74.5 Å². The van der Waals surface area contributed by atoms with E-state index in [4.69, 9.17) is 63.1 Å². The van der Waals surface area contributed by atoms with Crippen molar-refractivity contribution >= 4 is 145 Å². The van der Waals surface area contributed by atoms with Crippen LogP contribution in [0.15, 0.2) is 208 Å². The largest absolute Gasteiger partial charge is 0.449 e. The molecule has 10 aromatic rings. The molecule has 0 aliphatic carbocycles. The number of hydrogen-bond acceptors (Lipinski definition) is 23. The van der Waals surface area contributed by atoms with Crippen molar-refractivity contribution in [2.45, 2.75) is 98.4 Å². The predicted molar refractivity (Wildman–Crippen MR) is 462 cm³/mol. The molecule has 0 bridgehead atoms. The Balaban J connectivity index is 0.000000314. The number of anilines is 9. The van der Waals surface area contributed by atoms with Gasteiger partial charge in [-0.05, 0) is 181 Å². The number of halogens is 2. The smallest absolute Gasteiger partial charge is 0.412 e. The highest BCUT2D eigenvalue weighted by molar-refractivity contribution is 6.61. The molecule has 5 aromatic carbocycles. The number of fused-ring (bicyclic) bond motifs is 1. The predicted octanol–water partition coefficient (Wildman–Crippen LogP) is 15.9. The summed E-state index contributed by atoms with van der Waals surface area (Å²) in [4.78, 5) is 124. The summed E-state index contributed by atoms with van der Waals surface area (Å²) < 4.78 is 36.1. The lowest BCUT2D eigenvalue weighted by Crippen LogP contribution is -2.27. The maximum absolute atomic E-state index is 12.7. The summed E-state index contributed by atoms with van der Waals surface area (Å²) in [7, 11) is 6.94. The summed E-state index contributed by atoms with van der Waals surface area (Å²) in [5.41, 5.74) is 30.2. The molecular weight excluding hydrogens is 1580 g/mol. The number of ether oxygens (including phenoxy) is 6. The highest BCUT2D eigenvalue weighted by atomic mass is 35.5. The normalized spacial score (nSPS) is 10.5. The number of nitrogens with two attached hydrogens (primary N) is 4. The van der Waals surface area contributed by atoms with Crippen molar-refractivity contribution in [2.75, 3.05) is 69.3 Å². The van der Waals surface area contributed by atoms with Gasteiger partial charge in [0.05, 0.1) is 39.8 Å². The van der Waals surface area contributed by atoms with Gasteiger partial charge in [0.1, 0.15) is 53.4 Å². The van der Waals surface area contributed by atoms with Gasteiger partial charge in [0.15, 0.2) is 17.3 Å². The number of carbonyl (C=O) groups is 10. The third-order valence-electron chi connectivity index (χ3n) is 14.9. The molecule has 0 atom stereocenters. The Kier molecular flexibility index (Phi) is 38.0. The van der Waals surface area contributed by atoms with E-state index >= 15 is 0 Å². The van der Waals surface area contributed by atoms with Crippen LogP contribution in [0.5, 0.6) is 0 Å². The quantitative estimate of drug-likeness (QED) is 0.00760. The second kappa shape index (κ2) is 46.5. The number of benzene rings is 5. The van der Waals surface area contributed by atoms with Gasteiger partial charge in [-0.1, -0.05) is 91.3 Å². The Morgan fingerprint density at radius 1 is 0.403 bits per heavy atom. The molecule has 35 heteroatoms. The Labute approximate surface area is 700 Å². The third-order valence-corrected chi connectivity index (χ3v) is 15.0. The topological polar surface area (TPSA) is 450 Å². The van der Waals surface area contributed by atoms with Gasteiger partial charge in [0, 0.05) is 112 Å². The van der Waals surface area contributed by atoms with Gasteiger partial charge in [-0.3, -0.25) is 41.0 Å². The second-order valence-corrected chi connectivity index (χ2v) is 28.9. The van der Waals surface area contributed by atoms with Gasteiger partial charge in [-0.25, -0.2) is 33.6 Å². The SMILES string of the molecule is C=CCOC(=O)Cl.C=CCOC(=O)Nc1ccc(CC(=O)c2cc(N)cn2C)cc1.C=CCOC(=O)Nc1ccc(CC(=O)c2cc(NC(=O)OC(C)(C)C)cn2C)cc1.Cl.Cn1cc(NC(=O)OC(C)(C)C)cc1C(=O)Cc1ccc(N)cc1.Cn1cc(NC(=O)OC(C)(C)C)cc1C(=O)On1nnc2ccccc21.Nc1ccc(N)cc1. The molecule has 0 saturated carbocycles. The number of rotatable bonds is 22. The van der Waals surface area contributed by atoms with Crippen molar-refractivity contribution in [3.8, 4) is 0 Å². The van der Waals surface area contributed by atoms with Crippen molar-refractivity contribution in [1.82, 2.24) is 33.4 Å². The lowest BCUT2D eigenvalue weighted by Gasteiger charge is -2.19. The number of nitrogen functional groups attached to an aromatic ring is 4. The van der Waals surface area contributed by atoms with Crippen LogP contribution >= 0.6 is 24.0 Å². The zero-order valence-corrected chi connectivity index (χ0v) is 70.0. The van der Waals surface area contributed by atoms with Gasteiger partial charge >= 0.3 is 41.9 Å². The van der Waals surface area contributed by atoms with Crippen LogP contribution in [0.1, 0.15) is 121 Å². The van der Waals surface area contributed by atoms with Crippen molar-refractivity contribution < 1.29 is 81.2 Å². The number of ketones is 3.